The van der Waals surface area contributed by atoms with Gasteiger partial charge in [0.2, 0.25) is 0 Å². The molecule has 20 heavy (non-hydrogen) atoms. The second kappa shape index (κ2) is 6.86. The predicted molar refractivity (Wildman–Crippen MR) is 80.0 cm³/mol. The molecule has 2 rings (SSSR count). The van der Waals surface area contributed by atoms with Crippen LogP contribution in [0.3, 0.4) is 0 Å². The Kier molecular flexibility index (Phi) is 5.15. The van der Waals surface area contributed by atoms with Crippen LogP contribution < -0.4 is 0 Å². The molecule has 0 aliphatic carbocycles. The number of carbonyl (C=O) groups is 1. The van der Waals surface area contributed by atoms with Crippen molar-refractivity contribution >= 4 is 5.97 Å². The summed E-state index contributed by atoms with van der Waals surface area (Å²) in [7, 11) is 4.30. The van der Waals surface area contributed by atoms with Crippen LogP contribution in [0, 0.1) is 5.92 Å². The molecule has 1 aliphatic heterocycles. The van der Waals surface area contributed by atoms with Gasteiger partial charge in [-0.25, -0.2) is 4.79 Å². The largest absolute Gasteiger partial charge is 0.478 e. The number of aromatic carboxylic acids is 1. The average molecular weight is 276 g/mol. The molecule has 0 radical (unpaired) electrons. The maximum atomic E-state index is 11.0. The number of carboxylic acids is 1. The van der Waals surface area contributed by atoms with Crippen LogP contribution in [0.5, 0.6) is 0 Å². The van der Waals surface area contributed by atoms with Crippen LogP contribution in [0.25, 0.3) is 0 Å². The van der Waals surface area contributed by atoms with Crippen molar-refractivity contribution in [3.05, 3.63) is 35.4 Å². The zero-order chi connectivity index (χ0) is 14.5. The normalized spacial score (nSPS) is 20.2. The number of benzene rings is 1. The highest BCUT2D eigenvalue weighted by molar-refractivity contribution is 5.87. The standard InChI is InChI=1S/C16H24N2O2/c1-17-8-4-6-14(11-17)12-18(2)10-13-5-3-7-15(9-13)16(19)20/h3,5,7,9,14H,4,6,8,10-12H2,1-2H3,(H,19,20). The van der Waals surface area contributed by atoms with E-state index in [1.54, 1.807) is 12.1 Å². The van der Waals surface area contributed by atoms with Crippen molar-refractivity contribution in [2.75, 3.05) is 33.7 Å². The number of piperidine rings is 1. The second-order valence-corrected chi connectivity index (χ2v) is 5.97. The van der Waals surface area contributed by atoms with Gasteiger partial charge in [0.15, 0.2) is 0 Å². The predicted octanol–water partition coefficient (Wildman–Crippen LogP) is 2.16. The Balaban J connectivity index is 1.89. The highest BCUT2D eigenvalue weighted by Gasteiger charge is 2.18. The third-order valence-electron chi connectivity index (χ3n) is 3.92. The maximum Gasteiger partial charge on any atom is 0.335 e. The zero-order valence-corrected chi connectivity index (χ0v) is 12.4. The average Bonchev–Trinajstić information content (AvgIpc) is 2.38. The topological polar surface area (TPSA) is 43.8 Å². The lowest BCUT2D eigenvalue weighted by Crippen LogP contribution is -2.37. The molecule has 1 N–H and O–H groups in total. The SMILES string of the molecule is CN1CCCC(CN(C)Cc2cccc(C(=O)O)c2)C1. The summed E-state index contributed by atoms with van der Waals surface area (Å²) in [6.45, 7) is 4.25. The van der Waals surface area contributed by atoms with Gasteiger partial charge in [-0.1, -0.05) is 12.1 Å². The molecule has 1 saturated heterocycles. The van der Waals surface area contributed by atoms with E-state index in [0.717, 1.165) is 24.6 Å². The molecule has 1 fully saturated rings. The summed E-state index contributed by atoms with van der Waals surface area (Å²) in [6, 6.07) is 7.23. The van der Waals surface area contributed by atoms with Gasteiger partial charge in [-0.05, 0) is 57.1 Å². The highest BCUT2D eigenvalue weighted by Crippen LogP contribution is 2.17. The van der Waals surface area contributed by atoms with Crippen LogP contribution in [0.15, 0.2) is 24.3 Å². The van der Waals surface area contributed by atoms with Gasteiger partial charge in [0, 0.05) is 19.6 Å². The van der Waals surface area contributed by atoms with Crippen LogP contribution in [0.2, 0.25) is 0 Å². The monoisotopic (exact) mass is 276 g/mol. The molecule has 4 nitrogen and oxygen atoms in total. The first-order valence-electron chi connectivity index (χ1n) is 7.24. The number of hydrogen-bond donors (Lipinski definition) is 1. The second-order valence-electron chi connectivity index (χ2n) is 5.97. The highest BCUT2D eigenvalue weighted by atomic mass is 16.4. The molecule has 0 aromatic heterocycles. The number of rotatable bonds is 5. The summed E-state index contributed by atoms with van der Waals surface area (Å²) >= 11 is 0. The van der Waals surface area contributed by atoms with Gasteiger partial charge in [0.25, 0.3) is 0 Å². The number of carboxylic acid groups (broad SMARTS) is 1. The molecular formula is C16H24N2O2. The first-order chi connectivity index (χ1) is 9.54. The maximum absolute atomic E-state index is 11.0. The summed E-state index contributed by atoms with van der Waals surface area (Å²) in [5.74, 6) is -0.134. The van der Waals surface area contributed by atoms with Gasteiger partial charge >= 0.3 is 5.97 Å². The van der Waals surface area contributed by atoms with Gasteiger partial charge in [-0.15, -0.1) is 0 Å². The lowest BCUT2D eigenvalue weighted by molar-refractivity contribution is 0.0696. The van der Waals surface area contributed by atoms with E-state index in [4.69, 9.17) is 5.11 Å². The fourth-order valence-corrected chi connectivity index (χ4v) is 3.04. The summed E-state index contributed by atoms with van der Waals surface area (Å²) in [6.07, 6.45) is 2.58. The van der Waals surface area contributed by atoms with E-state index in [0.29, 0.717) is 5.56 Å². The van der Waals surface area contributed by atoms with E-state index in [2.05, 4.69) is 23.9 Å². The Hall–Kier alpha value is -1.39. The molecule has 0 saturated carbocycles. The fraction of sp³-hybridized carbons (Fsp3) is 0.562. The van der Waals surface area contributed by atoms with Crippen molar-refractivity contribution in [3.8, 4) is 0 Å². The number of likely N-dealkylation sites (tertiary alicyclic amines) is 1. The van der Waals surface area contributed by atoms with Gasteiger partial charge in [-0.3, -0.25) is 0 Å². The Morgan fingerprint density at radius 2 is 2.30 bits per heavy atom. The van der Waals surface area contributed by atoms with Crippen LogP contribution >= 0.6 is 0 Å². The lowest BCUT2D eigenvalue weighted by atomic mass is 9.98. The van der Waals surface area contributed by atoms with E-state index < -0.39 is 5.97 Å². The van der Waals surface area contributed by atoms with Crippen molar-refractivity contribution in [1.82, 2.24) is 9.80 Å². The Morgan fingerprint density at radius 1 is 1.50 bits per heavy atom. The molecule has 1 aromatic rings. The molecule has 1 aromatic carbocycles. The number of hydrogen-bond acceptors (Lipinski definition) is 3. The first kappa shape index (κ1) is 15.0. The van der Waals surface area contributed by atoms with Gasteiger partial charge in [-0.2, -0.15) is 0 Å². The van der Waals surface area contributed by atoms with Crippen LogP contribution in [-0.4, -0.2) is 54.6 Å². The Bertz CT molecular complexity index is 462. The molecule has 4 heteroatoms. The van der Waals surface area contributed by atoms with E-state index in [1.807, 2.05) is 12.1 Å². The van der Waals surface area contributed by atoms with E-state index in [9.17, 15) is 4.79 Å². The van der Waals surface area contributed by atoms with Crippen LogP contribution in [0.1, 0.15) is 28.8 Å². The third kappa shape index (κ3) is 4.32. The minimum Gasteiger partial charge on any atom is -0.478 e. The van der Waals surface area contributed by atoms with Gasteiger partial charge in [0.05, 0.1) is 5.56 Å². The molecule has 1 atom stereocenters. The molecule has 1 unspecified atom stereocenters. The van der Waals surface area contributed by atoms with Crippen molar-refractivity contribution < 1.29 is 9.90 Å². The van der Waals surface area contributed by atoms with Gasteiger partial charge in [0.1, 0.15) is 0 Å². The minimum absolute atomic E-state index is 0.369. The van der Waals surface area contributed by atoms with Gasteiger partial charge < -0.3 is 14.9 Å². The van der Waals surface area contributed by atoms with Crippen LogP contribution in [0.4, 0.5) is 0 Å². The van der Waals surface area contributed by atoms with Crippen molar-refractivity contribution in [1.29, 1.82) is 0 Å². The van der Waals surface area contributed by atoms with E-state index in [1.165, 1.54) is 25.9 Å². The summed E-state index contributed by atoms with van der Waals surface area (Å²) in [4.78, 5) is 15.7. The Morgan fingerprint density at radius 3 is 3.00 bits per heavy atom. The van der Waals surface area contributed by atoms with E-state index >= 15 is 0 Å². The minimum atomic E-state index is -0.858. The zero-order valence-electron chi connectivity index (χ0n) is 12.4. The molecule has 0 spiro atoms. The summed E-state index contributed by atoms with van der Waals surface area (Å²) < 4.78 is 0. The summed E-state index contributed by atoms with van der Waals surface area (Å²) in [5.41, 5.74) is 1.44. The fourth-order valence-electron chi connectivity index (χ4n) is 3.04. The quantitative estimate of drug-likeness (QED) is 0.895. The molecule has 1 aliphatic rings. The summed E-state index contributed by atoms with van der Waals surface area (Å²) in [5, 5.41) is 9.01. The van der Waals surface area contributed by atoms with Crippen molar-refractivity contribution in [2.45, 2.75) is 19.4 Å². The molecule has 0 bridgehead atoms. The van der Waals surface area contributed by atoms with Crippen molar-refractivity contribution in [2.24, 2.45) is 5.92 Å². The van der Waals surface area contributed by atoms with Crippen molar-refractivity contribution in [3.63, 3.8) is 0 Å². The molecule has 0 amide bonds. The lowest BCUT2D eigenvalue weighted by Gasteiger charge is -2.32. The van der Waals surface area contributed by atoms with Crippen LogP contribution in [-0.2, 0) is 6.54 Å². The first-order valence-corrected chi connectivity index (χ1v) is 7.24. The Labute approximate surface area is 121 Å². The smallest absolute Gasteiger partial charge is 0.335 e. The molecule has 110 valence electrons. The molecular weight excluding hydrogens is 252 g/mol. The number of nitrogens with zero attached hydrogens (tertiary/aromatic N) is 2. The third-order valence-corrected chi connectivity index (χ3v) is 3.92. The van der Waals surface area contributed by atoms with E-state index in [-0.39, 0.29) is 0 Å². The molecule has 1 heterocycles.